The zero-order valence-electron chi connectivity index (χ0n) is 4.89. The maximum atomic E-state index is 10.2. The van der Waals surface area contributed by atoms with E-state index >= 15 is 0 Å². The minimum atomic E-state index is -1.13. The molecule has 0 spiro atoms. The van der Waals surface area contributed by atoms with Crippen LogP contribution in [0.25, 0.3) is 0 Å². The molecule has 5 nitrogen and oxygen atoms in total. The smallest absolute Gasteiger partial charge is 0.356 e. The van der Waals surface area contributed by atoms with E-state index in [1.54, 1.807) is 0 Å². The quantitative estimate of drug-likeness (QED) is 0.587. The van der Waals surface area contributed by atoms with Gasteiger partial charge in [0.05, 0.1) is 0 Å². The van der Waals surface area contributed by atoms with E-state index in [0.29, 0.717) is 0 Å². The van der Waals surface area contributed by atoms with Crippen LogP contribution in [0.5, 0.6) is 0 Å². The first-order valence-electron chi connectivity index (χ1n) is 2.47. The molecule has 0 aromatic rings. The van der Waals surface area contributed by atoms with Crippen molar-refractivity contribution < 1.29 is 14.7 Å². The molecule has 0 aliphatic carbocycles. The number of hydrogen-bond acceptors (Lipinski definition) is 4. The summed E-state index contributed by atoms with van der Waals surface area (Å²) < 4.78 is 0. The average Bonchev–Trinajstić information content (AvgIpc) is 2.12. The first kappa shape index (κ1) is 6.47. The van der Waals surface area contributed by atoms with Gasteiger partial charge in [-0.05, 0) is 12.2 Å². The molecule has 5 heteroatoms. The summed E-state index contributed by atoms with van der Waals surface area (Å²) in [6, 6.07) is 0. The van der Waals surface area contributed by atoms with Crippen LogP contribution in [0.2, 0.25) is 0 Å². The number of carbonyl (C=O) groups is 1. The van der Waals surface area contributed by atoms with E-state index < -0.39 is 5.97 Å². The lowest BCUT2D eigenvalue weighted by atomic mass is 10.4. The Labute approximate surface area is 56.3 Å². The van der Waals surface area contributed by atoms with Gasteiger partial charge in [0.25, 0.3) is 0 Å². The molecule has 52 valence electrons. The second-order valence-electron chi connectivity index (χ2n) is 1.47. The second-order valence-corrected chi connectivity index (χ2v) is 1.47. The van der Waals surface area contributed by atoms with Gasteiger partial charge < -0.3 is 9.94 Å². The van der Waals surface area contributed by atoms with Crippen LogP contribution in [0.1, 0.15) is 0 Å². The fourth-order valence-corrected chi connectivity index (χ4v) is 0.408. The number of allylic oxidation sites excluding steroid dienone is 2. The highest BCUT2D eigenvalue weighted by Crippen LogP contribution is 2.02. The third-order valence-corrected chi connectivity index (χ3v) is 0.808. The van der Waals surface area contributed by atoms with Gasteiger partial charge in [-0.2, -0.15) is 0 Å². The standard InChI is InChI=1S/C5H4N2O3/c8-5(9)4-2-1-3-10-7-6-4/h1-3H,(H,8,9). The summed E-state index contributed by atoms with van der Waals surface area (Å²) in [6.07, 6.45) is 3.93. The van der Waals surface area contributed by atoms with E-state index in [-0.39, 0.29) is 5.70 Å². The van der Waals surface area contributed by atoms with E-state index in [4.69, 9.17) is 5.11 Å². The summed E-state index contributed by atoms with van der Waals surface area (Å²) in [4.78, 5) is 14.5. The molecule has 0 bridgehead atoms. The Morgan fingerprint density at radius 3 is 3.20 bits per heavy atom. The van der Waals surface area contributed by atoms with Gasteiger partial charge in [-0.15, -0.1) is 5.11 Å². The minimum Gasteiger partial charge on any atom is -0.476 e. The molecule has 0 saturated heterocycles. The summed E-state index contributed by atoms with van der Waals surface area (Å²) in [7, 11) is 0. The van der Waals surface area contributed by atoms with Gasteiger partial charge in [0.2, 0.25) is 0 Å². The Hall–Kier alpha value is -1.65. The highest BCUT2D eigenvalue weighted by atomic mass is 16.6. The van der Waals surface area contributed by atoms with E-state index in [1.807, 2.05) is 0 Å². The number of aliphatic carboxylic acids is 1. The molecule has 0 aromatic carbocycles. The topological polar surface area (TPSA) is 71.2 Å². The van der Waals surface area contributed by atoms with E-state index in [1.165, 1.54) is 18.4 Å². The van der Waals surface area contributed by atoms with Gasteiger partial charge in [-0.25, -0.2) is 4.79 Å². The molecule has 0 atom stereocenters. The predicted molar refractivity (Wildman–Crippen MR) is 30.8 cm³/mol. The minimum absolute atomic E-state index is 0.145. The number of carboxylic acids is 1. The number of nitrogens with zero attached hydrogens (tertiary/aromatic N) is 2. The van der Waals surface area contributed by atoms with Gasteiger partial charge in [0, 0.05) is 5.28 Å². The summed E-state index contributed by atoms with van der Waals surface area (Å²) >= 11 is 0. The molecule has 10 heavy (non-hydrogen) atoms. The normalized spacial score (nSPS) is 15.4. The van der Waals surface area contributed by atoms with Crippen LogP contribution < -0.4 is 0 Å². The monoisotopic (exact) mass is 140 g/mol. The van der Waals surface area contributed by atoms with Crippen molar-refractivity contribution in [1.29, 1.82) is 0 Å². The van der Waals surface area contributed by atoms with Crippen LogP contribution in [0.3, 0.4) is 0 Å². The van der Waals surface area contributed by atoms with Crippen LogP contribution in [-0.4, -0.2) is 11.1 Å². The average molecular weight is 140 g/mol. The molecule has 0 aromatic heterocycles. The van der Waals surface area contributed by atoms with Crippen molar-refractivity contribution in [1.82, 2.24) is 0 Å². The largest absolute Gasteiger partial charge is 0.476 e. The summed E-state index contributed by atoms with van der Waals surface area (Å²) in [6.45, 7) is 0. The number of rotatable bonds is 1. The fraction of sp³-hybridized carbons (Fsp3) is 0. The maximum absolute atomic E-state index is 10.2. The second kappa shape index (κ2) is 2.77. The molecule has 1 N–H and O–H groups in total. The maximum Gasteiger partial charge on any atom is 0.356 e. The van der Waals surface area contributed by atoms with Gasteiger partial charge in [0.15, 0.2) is 5.70 Å². The molecule has 0 amide bonds. The van der Waals surface area contributed by atoms with Crippen molar-refractivity contribution in [2.75, 3.05) is 0 Å². The van der Waals surface area contributed by atoms with Gasteiger partial charge in [0.1, 0.15) is 6.26 Å². The van der Waals surface area contributed by atoms with Crippen molar-refractivity contribution in [2.24, 2.45) is 10.4 Å². The van der Waals surface area contributed by atoms with Crippen LogP contribution in [0.15, 0.2) is 34.5 Å². The zero-order chi connectivity index (χ0) is 7.40. The first-order valence-corrected chi connectivity index (χ1v) is 2.47. The van der Waals surface area contributed by atoms with Crippen LogP contribution in [0, 0.1) is 0 Å². The molecule has 0 unspecified atom stereocenters. The molecule has 1 rings (SSSR count). The van der Waals surface area contributed by atoms with Crippen LogP contribution in [-0.2, 0) is 9.63 Å². The van der Waals surface area contributed by atoms with Gasteiger partial charge in [-0.3, -0.25) is 0 Å². The third kappa shape index (κ3) is 1.41. The van der Waals surface area contributed by atoms with Crippen LogP contribution >= 0.6 is 0 Å². The van der Waals surface area contributed by atoms with E-state index in [0.717, 1.165) is 0 Å². The van der Waals surface area contributed by atoms with Crippen molar-refractivity contribution in [3.8, 4) is 0 Å². The Morgan fingerprint density at radius 1 is 1.70 bits per heavy atom. The molecular formula is C5H4N2O3. The van der Waals surface area contributed by atoms with E-state index in [2.05, 4.69) is 15.2 Å². The van der Waals surface area contributed by atoms with Crippen LogP contribution in [0.4, 0.5) is 0 Å². The Kier molecular flexibility index (Phi) is 1.79. The molecule has 1 aliphatic heterocycles. The lowest BCUT2D eigenvalue weighted by Crippen LogP contribution is -1.95. The Morgan fingerprint density at radius 2 is 2.50 bits per heavy atom. The van der Waals surface area contributed by atoms with Crippen molar-refractivity contribution in [3.05, 3.63) is 24.1 Å². The van der Waals surface area contributed by atoms with Crippen molar-refractivity contribution in [2.45, 2.75) is 0 Å². The van der Waals surface area contributed by atoms with Crippen molar-refractivity contribution in [3.63, 3.8) is 0 Å². The SMILES string of the molecule is O=C(O)C1=CC=CON=N1. The lowest BCUT2D eigenvalue weighted by Gasteiger charge is -1.85. The fourth-order valence-electron chi connectivity index (χ4n) is 0.408. The van der Waals surface area contributed by atoms with Crippen molar-refractivity contribution >= 4 is 5.97 Å². The Balaban J connectivity index is 2.83. The predicted octanol–water partition coefficient (Wildman–Crippen LogP) is 0.866. The highest BCUT2D eigenvalue weighted by molar-refractivity contribution is 5.86. The molecule has 0 fully saturated rings. The molecule has 1 heterocycles. The summed E-state index contributed by atoms with van der Waals surface area (Å²) in [5.74, 6) is -1.13. The van der Waals surface area contributed by atoms with Gasteiger partial charge >= 0.3 is 5.97 Å². The molecule has 0 radical (unpaired) electrons. The Bertz CT molecular complexity index is 229. The molecular weight excluding hydrogens is 136 g/mol. The lowest BCUT2D eigenvalue weighted by molar-refractivity contribution is -0.132. The third-order valence-electron chi connectivity index (χ3n) is 0.808. The van der Waals surface area contributed by atoms with Gasteiger partial charge in [-0.1, -0.05) is 0 Å². The summed E-state index contributed by atoms with van der Waals surface area (Å²) in [5, 5.41) is 14.6. The first-order chi connectivity index (χ1) is 4.80. The highest BCUT2D eigenvalue weighted by Gasteiger charge is 2.04. The molecule has 0 saturated carbocycles. The molecule has 1 aliphatic rings. The van der Waals surface area contributed by atoms with E-state index in [9.17, 15) is 4.79 Å². The number of hydrogen-bond donors (Lipinski definition) is 1. The summed E-state index contributed by atoms with van der Waals surface area (Å²) in [5.41, 5.74) is -0.145. The number of carboxylic acid groups (broad SMARTS) is 1. The zero-order valence-corrected chi connectivity index (χ0v) is 4.89.